The van der Waals surface area contributed by atoms with Gasteiger partial charge in [0.1, 0.15) is 0 Å². The average molecular weight is 183 g/mol. The van der Waals surface area contributed by atoms with E-state index >= 15 is 0 Å². The summed E-state index contributed by atoms with van der Waals surface area (Å²) in [6.45, 7) is 0.179. The minimum absolute atomic E-state index is 0.00481. The van der Waals surface area contributed by atoms with Crippen molar-refractivity contribution >= 4 is 11.8 Å². The lowest BCUT2D eigenvalue weighted by Crippen LogP contribution is -1.92. The van der Waals surface area contributed by atoms with Crippen molar-refractivity contribution in [3.05, 3.63) is 6.07 Å². The third kappa shape index (κ3) is 1.36. The van der Waals surface area contributed by atoms with E-state index in [0.717, 1.165) is 0 Å². The van der Waals surface area contributed by atoms with Crippen molar-refractivity contribution in [2.45, 2.75) is 11.4 Å². The van der Waals surface area contributed by atoms with Crippen LogP contribution in [-0.4, -0.2) is 21.0 Å². The molecule has 1 heterocycles. The summed E-state index contributed by atoms with van der Waals surface area (Å²) in [6.07, 6.45) is 6.86. The van der Waals surface area contributed by atoms with Gasteiger partial charge in [0, 0.05) is 6.07 Å². The number of nitrogens with zero attached hydrogens (tertiary/aromatic N) is 1. The first kappa shape index (κ1) is 8.88. The number of aromatic nitrogens is 1. The van der Waals surface area contributed by atoms with Crippen LogP contribution in [0.2, 0.25) is 0 Å². The third-order valence-electron chi connectivity index (χ3n) is 1.48. The van der Waals surface area contributed by atoms with Crippen LogP contribution in [0.4, 0.5) is 0 Å². The second-order valence-electron chi connectivity index (χ2n) is 2.18. The monoisotopic (exact) mass is 183 g/mol. The molecular weight excluding hydrogens is 174 g/mol. The lowest BCUT2D eigenvalue weighted by molar-refractivity contribution is 0.376. The summed E-state index contributed by atoms with van der Waals surface area (Å²) in [5.41, 5.74) is 0. The molecule has 2 N–H and O–H groups in total. The quantitative estimate of drug-likeness (QED) is 0.536. The molecule has 0 aromatic carbocycles. The van der Waals surface area contributed by atoms with Crippen LogP contribution in [-0.2, 0) is 6.54 Å². The first-order chi connectivity index (χ1) is 5.70. The van der Waals surface area contributed by atoms with Gasteiger partial charge in [0.15, 0.2) is 5.88 Å². The SMILES string of the molecule is C#CCn1c(O)cc(SC)c1O. The van der Waals surface area contributed by atoms with Gasteiger partial charge in [0.2, 0.25) is 5.88 Å². The summed E-state index contributed by atoms with van der Waals surface area (Å²) in [7, 11) is 0. The summed E-state index contributed by atoms with van der Waals surface area (Å²) < 4.78 is 1.27. The lowest BCUT2D eigenvalue weighted by atomic mass is 10.6. The Labute approximate surface area is 75.0 Å². The van der Waals surface area contributed by atoms with Gasteiger partial charge < -0.3 is 10.2 Å². The standard InChI is InChI=1S/C8H9NO2S/c1-3-4-9-7(10)5-6(12-2)8(9)11/h1,5,10-11H,4H2,2H3. The molecule has 0 amide bonds. The molecule has 3 nitrogen and oxygen atoms in total. The van der Waals surface area contributed by atoms with E-state index in [4.69, 9.17) is 6.42 Å². The lowest BCUT2D eigenvalue weighted by Gasteiger charge is -2.00. The normalized spacial score (nSPS) is 9.67. The van der Waals surface area contributed by atoms with Crippen molar-refractivity contribution in [1.82, 2.24) is 4.57 Å². The molecule has 0 unspecified atom stereocenters. The highest BCUT2D eigenvalue weighted by molar-refractivity contribution is 7.98. The highest BCUT2D eigenvalue weighted by Gasteiger charge is 2.11. The summed E-state index contributed by atoms with van der Waals surface area (Å²) >= 11 is 1.36. The van der Waals surface area contributed by atoms with Crippen molar-refractivity contribution in [3.63, 3.8) is 0 Å². The van der Waals surface area contributed by atoms with Crippen molar-refractivity contribution < 1.29 is 10.2 Å². The molecule has 1 aromatic heterocycles. The molecule has 12 heavy (non-hydrogen) atoms. The molecule has 64 valence electrons. The number of terminal acetylenes is 1. The smallest absolute Gasteiger partial charge is 0.208 e. The maximum absolute atomic E-state index is 9.43. The summed E-state index contributed by atoms with van der Waals surface area (Å²) in [4.78, 5) is 0.628. The van der Waals surface area contributed by atoms with E-state index < -0.39 is 0 Å². The molecule has 0 aliphatic heterocycles. The van der Waals surface area contributed by atoms with Gasteiger partial charge in [-0.2, -0.15) is 0 Å². The van der Waals surface area contributed by atoms with Gasteiger partial charge in [0.25, 0.3) is 0 Å². The summed E-state index contributed by atoms with van der Waals surface area (Å²) in [5, 5.41) is 18.7. The predicted octanol–water partition coefficient (Wildman–Crippen LogP) is 1.25. The number of hydrogen-bond donors (Lipinski definition) is 2. The van der Waals surface area contributed by atoms with Gasteiger partial charge in [0.05, 0.1) is 11.4 Å². The van der Waals surface area contributed by atoms with E-state index in [1.807, 2.05) is 6.26 Å². The molecule has 4 heteroatoms. The number of thioether (sulfide) groups is 1. The van der Waals surface area contributed by atoms with Crippen LogP contribution in [0.25, 0.3) is 0 Å². The highest BCUT2D eigenvalue weighted by Crippen LogP contribution is 2.33. The molecule has 0 saturated carbocycles. The van der Waals surface area contributed by atoms with Gasteiger partial charge in [-0.1, -0.05) is 5.92 Å². The fourth-order valence-corrected chi connectivity index (χ4v) is 1.41. The molecular formula is C8H9NO2S. The molecule has 1 rings (SSSR count). The minimum atomic E-state index is -0.00481. The van der Waals surface area contributed by atoms with E-state index in [1.54, 1.807) is 0 Å². The zero-order valence-electron chi connectivity index (χ0n) is 6.61. The van der Waals surface area contributed by atoms with E-state index in [2.05, 4.69) is 5.92 Å². The van der Waals surface area contributed by atoms with Crippen LogP contribution < -0.4 is 0 Å². The van der Waals surface area contributed by atoms with E-state index in [-0.39, 0.29) is 18.3 Å². The van der Waals surface area contributed by atoms with Crippen LogP contribution in [0.1, 0.15) is 0 Å². The van der Waals surface area contributed by atoms with Gasteiger partial charge in [-0.05, 0) is 6.26 Å². The molecule has 1 aromatic rings. The third-order valence-corrected chi connectivity index (χ3v) is 2.22. The van der Waals surface area contributed by atoms with Gasteiger partial charge in [-0.15, -0.1) is 18.2 Å². The van der Waals surface area contributed by atoms with Crippen molar-refractivity contribution in [2.75, 3.05) is 6.26 Å². The highest BCUT2D eigenvalue weighted by atomic mass is 32.2. The fourth-order valence-electron chi connectivity index (χ4n) is 0.899. The molecule has 0 bridgehead atoms. The Morgan fingerprint density at radius 3 is 2.75 bits per heavy atom. The Kier molecular flexibility index (Phi) is 2.56. The maximum Gasteiger partial charge on any atom is 0.208 e. The second kappa shape index (κ2) is 3.46. The number of rotatable bonds is 2. The first-order valence-electron chi connectivity index (χ1n) is 3.29. The molecule has 0 fully saturated rings. The largest absolute Gasteiger partial charge is 0.494 e. The molecule has 0 saturated heterocycles. The van der Waals surface area contributed by atoms with Crippen LogP contribution >= 0.6 is 11.8 Å². The minimum Gasteiger partial charge on any atom is -0.494 e. The topological polar surface area (TPSA) is 45.4 Å². The Balaban J connectivity index is 3.11. The molecule has 0 aliphatic rings. The number of aromatic hydroxyl groups is 2. The molecule has 0 atom stereocenters. The zero-order chi connectivity index (χ0) is 9.14. The van der Waals surface area contributed by atoms with Crippen molar-refractivity contribution in [3.8, 4) is 24.1 Å². The molecule has 0 spiro atoms. The Morgan fingerprint density at radius 1 is 1.67 bits per heavy atom. The van der Waals surface area contributed by atoms with Crippen molar-refractivity contribution in [2.24, 2.45) is 0 Å². The fraction of sp³-hybridized carbons (Fsp3) is 0.250. The van der Waals surface area contributed by atoms with Gasteiger partial charge in [-0.25, -0.2) is 0 Å². The molecule has 0 aliphatic carbocycles. The molecule has 0 radical (unpaired) electrons. The van der Waals surface area contributed by atoms with Gasteiger partial charge >= 0.3 is 0 Å². The van der Waals surface area contributed by atoms with E-state index in [0.29, 0.717) is 4.90 Å². The van der Waals surface area contributed by atoms with E-state index in [1.165, 1.54) is 22.4 Å². The summed E-state index contributed by atoms with van der Waals surface area (Å²) in [6, 6.07) is 1.48. The summed E-state index contributed by atoms with van der Waals surface area (Å²) in [5.74, 6) is 2.36. The Hall–Kier alpha value is -1.21. The average Bonchev–Trinajstić information content (AvgIpc) is 2.32. The van der Waals surface area contributed by atoms with Crippen LogP contribution in [0.3, 0.4) is 0 Å². The first-order valence-corrected chi connectivity index (χ1v) is 4.52. The number of hydrogen-bond acceptors (Lipinski definition) is 3. The van der Waals surface area contributed by atoms with Crippen LogP contribution in [0.15, 0.2) is 11.0 Å². The zero-order valence-corrected chi connectivity index (χ0v) is 7.43. The Morgan fingerprint density at radius 2 is 2.33 bits per heavy atom. The second-order valence-corrected chi connectivity index (χ2v) is 3.03. The predicted molar refractivity (Wildman–Crippen MR) is 48.4 cm³/mol. The maximum atomic E-state index is 9.43. The van der Waals surface area contributed by atoms with Gasteiger partial charge in [-0.3, -0.25) is 4.57 Å². The van der Waals surface area contributed by atoms with E-state index in [9.17, 15) is 10.2 Å². The Bertz CT molecular complexity index is 325. The van der Waals surface area contributed by atoms with Crippen molar-refractivity contribution in [1.29, 1.82) is 0 Å². The van der Waals surface area contributed by atoms with Crippen LogP contribution in [0, 0.1) is 12.3 Å². The van der Waals surface area contributed by atoms with Crippen LogP contribution in [0.5, 0.6) is 11.8 Å².